The summed E-state index contributed by atoms with van der Waals surface area (Å²) in [4.78, 5) is 12.2. The van der Waals surface area contributed by atoms with Crippen LogP contribution >= 0.6 is 15.9 Å². The topological polar surface area (TPSA) is 47.6 Å². The predicted molar refractivity (Wildman–Crippen MR) is 95.5 cm³/mol. The van der Waals surface area contributed by atoms with Gasteiger partial charge in [-0.3, -0.25) is 4.79 Å². The second kappa shape index (κ2) is 7.83. The van der Waals surface area contributed by atoms with Gasteiger partial charge in [0.2, 0.25) is 0 Å². The van der Waals surface area contributed by atoms with E-state index in [1.807, 2.05) is 25.1 Å². The van der Waals surface area contributed by atoms with E-state index in [2.05, 4.69) is 21.2 Å². The van der Waals surface area contributed by atoms with Crippen LogP contribution in [-0.4, -0.2) is 20.0 Å². The first-order valence-corrected chi connectivity index (χ1v) is 7.80. The second-order valence-corrected chi connectivity index (χ2v) is 5.73. The molecule has 0 aliphatic heterocycles. The van der Waals surface area contributed by atoms with Crippen LogP contribution in [0.4, 0.5) is 5.69 Å². The summed E-state index contributed by atoms with van der Waals surface area (Å²) in [6.07, 6.45) is 3.11. The molecule has 0 aliphatic rings. The summed E-state index contributed by atoms with van der Waals surface area (Å²) in [7, 11) is 3.10. The largest absolute Gasteiger partial charge is 0.493 e. The second-order valence-electron chi connectivity index (χ2n) is 4.88. The zero-order valence-corrected chi connectivity index (χ0v) is 14.8. The Labute approximate surface area is 144 Å². The van der Waals surface area contributed by atoms with Crippen LogP contribution in [0.5, 0.6) is 11.5 Å². The molecule has 2 aromatic rings. The number of aryl methyl sites for hydroxylation is 1. The Balaban J connectivity index is 2.07. The maximum atomic E-state index is 12.2. The molecule has 0 aromatic heterocycles. The maximum Gasteiger partial charge on any atom is 0.187 e. The van der Waals surface area contributed by atoms with Crippen molar-refractivity contribution in [3.8, 4) is 11.5 Å². The number of anilines is 1. The monoisotopic (exact) mass is 375 g/mol. The first-order valence-electron chi connectivity index (χ1n) is 7.00. The number of allylic oxidation sites excluding steroid dienone is 1. The number of methoxy groups -OCH3 is 2. The molecule has 0 unspecified atom stereocenters. The number of hydrogen-bond acceptors (Lipinski definition) is 4. The molecule has 23 heavy (non-hydrogen) atoms. The molecule has 0 aliphatic carbocycles. The highest BCUT2D eigenvalue weighted by atomic mass is 79.9. The summed E-state index contributed by atoms with van der Waals surface area (Å²) in [6, 6.07) is 11.0. The molecular weight excluding hydrogens is 358 g/mol. The van der Waals surface area contributed by atoms with E-state index in [4.69, 9.17) is 9.47 Å². The Kier molecular flexibility index (Phi) is 5.82. The average Bonchev–Trinajstić information content (AvgIpc) is 2.57. The molecule has 0 saturated heterocycles. The predicted octanol–water partition coefficient (Wildman–Crippen LogP) is 4.58. The summed E-state index contributed by atoms with van der Waals surface area (Å²) >= 11 is 3.45. The lowest BCUT2D eigenvalue weighted by molar-refractivity contribution is 0.104. The third-order valence-corrected chi connectivity index (χ3v) is 4.20. The Morgan fingerprint density at radius 1 is 1.09 bits per heavy atom. The van der Waals surface area contributed by atoms with Crippen LogP contribution < -0.4 is 14.8 Å². The smallest absolute Gasteiger partial charge is 0.187 e. The molecule has 0 heterocycles. The molecule has 0 bridgehead atoms. The molecule has 4 nitrogen and oxygen atoms in total. The quantitative estimate of drug-likeness (QED) is 0.592. The fourth-order valence-electron chi connectivity index (χ4n) is 2.03. The number of nitrogens with one attached hydrogen (secondary N) is 1. The molecule has 0 radical (unpaired) electrons. The number of carbonyl (C=O) groups is 1. The van der Waals surface area contributed by atoms with Gasteiger partial charge in [-0.15, -0.1) is 0 Å². The van der Waals surface area contributed by atoms with Crippen molar-refractivity contribution in [2.24, 2.45) is 0 Å². The van der Waals surface area contributed by atoms with E-state index < -0.39 is 0 Å². The standard InChI is InChI=1S/C18H18BrNO3/c1-12-10-14(5-6-15(12)19)20-9-8-16(21)13-4-7-17(22-2)18(11-13)23-3/h4-11,20H,1-3H3/b9-8-. The van der Waals surface area contributed by atoms with E-state index >= 15 is 0 Å². The van der Waals surface area contributed by atoms with Crippen molar-refractivity contribution in [3.63, 3.8) is 0 Å². The Morgan fingerprint density at radius 2 is 1.83 bits per heavy atom. The number of carbonyl (C=O) groups excluding carboxylic acids is 1. The highest BCUT2D eigenvalue weighted by Gasteiger charge is 2.08. The summed E-state index contributed by atoms with van der Waals surface area (Å²) in [5.74, 6) is 1.01. The van der Waals surface area contributed by atoms with E-state index in [0.717, 1.165) is 15.7 Å². The van der Waals surface area contributed by atoms with Crippen LogP contribution in [0.15, 0.2) is 53.1 Å². The maximum absolute atomic E-state index is 12.2. The molecule has 1 N–H and O–H groups in total. The van der Waals surface area contributed by atoms with Gasteiger partial charge in [0.15, 0.2) is 17.3 Å². The lowest BCUT2D eigenvalue weighted by Crippen LogP contribution is -1.98. The van der Waals surface area contributed by atoms with Crippen molar-refractivity contribution in [2.75, 3.05) is 19.5 Å². The van der Waals surface area contributed by atoms with Crippen molar-refractivity contribution in [1.29, 1.82) is 0 Å². The van der Waals surface area contributed by atoms with Gasteiger partial charge in [-0.05, 0) is 48.9 Å². The van der Waals surface area contributed by atoms with Gasteiger partial charge in [0.1, 0.15) is 0 Å². The summed E-state index contributed by atoms with van der Waals surface area (Å²) < 4.78 is 11.4. The number of halogens is 1. The normalized spacial score (nSPS) is 10.6. The number of hydrogen-bond donors (Lipinski definition) is 1. The number of ether oxygens (including phenoxy) is 2. The minimum absolute atomic E-state index is 0.118. The van der Waals surface area contributed by atoms with E-state index in [0.29, 0.717) is 17.1 Å². The summed E-state index contributed by atoms with van der Waals surface area (Å²) in [5.41, 5.74) is 2.57. The van der Waals surface area contributed by atoms with E-state index in [9.17, 15) is 4.79 Å². The number of benzene rings is 2. The molecule has 0 spiro atoms. The molecule has 2 rings (SSSR count). The molecule has 2 aromatic carbocycles. The Morgan fingerprint density at radius 3 is 2.48 bits per heavy atom. The van der Waals surface area contributed by atoms with E-state index in [-0.39, 0.29) is 5.78 Å². The van der Waals surface area contributed by atoms with Crippen LogP contribution in [0.3, 0.4) is 0 Å². The average molecular weight is 376 g/mol. The SMILES string of the molecule is COc1ccc(C(=O)/C=C\Nc2ccc(Br)c(C)c2)cc1OC. The molecule has 120 valence electrons. The minimum Gasteiger partial charge on any atom is -0.493 e. The van der Waals surface area contributed by atoms with Gasteiger partial charge in [0, 0.05) is 28.0 Å². The van der Waals surface area contributed by atoms with Crippen molar-refractivity contribution >= 4 is 27.4 Å². The molecule has 5 heteroatoms. The fourth-order valence-corrected chi connectivity index (χ4v) is 2.28. The zero-order chi connectivity index (χ0) is 16.8. The van der Waals surface area contributed by atoms with Crippen molar-refractivity contribution in [1.82, 2.24) is 0 Å². The van der Waals surface area contributed by atoms with Gasteiger partial charge in [-0.25, -0.2) is 0 Å². The van der Waals surface area contributed by atoms with E-state index in [1.165, 1.54) is 6.08 Å². The van der Waals surface area contributed by atoms with Crippen LogP contribution in [0, 0.1) is 6.92 Å². The lowest BCUT2D eigenvalue weighted by Gasteiger charge is -2.08. The third-order valence-electron chi connectivity index (χ3n) is 3.31. The van der Waals surface area contributed by atoms with Gasteiger partial charge in [0.05, 0.1) is 14.2 Å². The van der Waals surface area contributed by atoms with Crippen molar-refractivity contribution in [2.45, 2.75) is 6.92 Å². The van der Waals surface area contributed by atoms with Gasteiger partial charge in [-0.1, -0.05) is 15.9 Å². The van der Waals surface area contributed by atoms with Gasteiger partial charge >= 0.3 is 0 Å². The van der Waals surface area contributed by atoms with Crippen LogP contribution in [-0.2, 0) is 0 Å². The highest BCUT2D eigenvalue weighted by Crippen LogP contribution is 2.27. The lowest BCUT2D eigenvalue weighted by atomic mass is 10.1. The first kappa shape index (κ1) is 17.1. The summed E-state index contributed by atoms with van der Waals surface area (Å²) in [5, 5.41) is 3.09. The molecule has 0 saturated carbocycles. The van der Waals surface area contributed by atoms with Gasteiger partial charge in [-0.2, -0.15) is 0 Å². The zero-order valence-electron chi connectivity index (χ0n) is 13.2. The van der Waals surface area contributed by atoms with E-state index in [1.54, 1.807) is 38.6 Å². The number of rotatable bonds is 6. The van der Waals surface area contributed by atoms with Crippen LogP contribution in [0.1, 0.15) is 15.9 Å². The summed E-state index contributed by atoms with van der Waals surface area (Å²) in [6.45, 7) is 2.01. The molecule has 0 amide bonds. The first-order chi connectivity index (χ1) is 11.0. The number of ketones is 1. The van der Waals surface area contributed by atoms with Gasteiger partial charge < -0.3 is 14.8 Å². The van der Waals surface area contributed by atoms with Crippen molar-refractivity contribution < 1.29 is 14.3 Å². The minimum atomic E-state index is -0.118. The highest BCUT2D eigenvalue weighted by molar-refractivity contribution is 9.10. The fraction of sp³-hybridized carbons (Fsp3) is 0.167. The van der Waals surface area contributed by atoms with Crippen LogP contribution in [0.25, 0.3) is 0 Å². The van der Waals surface area contributed by atoms with Gasteiger partial charge in [0.25, 0.3) is 0 Å². The van der Waals surface area contributed by atoms with Crippen molar-refractivity contribution in [3.05, 3.63) is 64.3 Å². The Hall–Kier alpha value is -2.27. The third kappa shape index (κ3) is 4.36. The molecule has 0 atom stereocenters. The molecule has 0 fully saturated rings. The Bertz CT molecular complexity index is 741. The van der Waals surface area contributed by atoms with Crippen LogP contribution in [0.2, 0.25) is 0 Å². The molecular formula is C18H18BrNO3.